The highest BCUT2D eigenvalue weighted by molar-refractivity contribution is 5.94. The zero-order valence-electron chi connectivity index (χ0n) is 12.7. The van der Waals surface area contributed by atoms with E-state index in [1.54, 1.807) is 0 Å². The summed E-state index contributed by atoms with van der Waals surface area (Å²) < 4.78 is 12.8. The van der Waals surface area contributed by atoms with E-state index < -0.39 is 0 Å². The molecule has 0 bridgehead atoms. The molecule has 2 amide bonds. The van der Waals surface area contributed by atoms with Gasteiger partial charge in [0.1, 0.15) is 5.82 Å². The number of amides is 2. The van der Waals surface area contributed by atoms with Crippen LogP contribution in [0.5, 0.6) is 0 Å². The third-order valence-corrected chi connectivity index (χ3v) is 3.80. The van der Waals surface area contributed by atoms with E-state index in [9.17, 15) is 14.0 Å². The van der Waals surface area contributed by atoms with Crippen molar-refractivity contribution >= 4 is 17.5 Å². The maximum absolute atomic E-state index is 12.8. The van der Waals surface area contributed by atoms with Crippen molar-refractivity contribution in [1.82, 2.24) is 5.32 Å². The Balaban J connectivity index is 1.68. The van der Waals surface area contributed by atoms with Gasteiger partial charge in [0.2, 0.25) is 5.91 Å². The lowest BCUT2D eigenvalue weighted by atomic mass is 10.2. The molecule has 1 fully saturated rings. The van der Waals surface area contributed by atoms with E-state index in [4.69, 9.17) is 0 Å². The highest BCUT2D eigenvalue weighted by Gasteiger charge is 2.16. The highest BCUT2D eigenvalue weighted by Crippen LogP contribution is 2.07. The van der Waals surface area contributed by atoms with Crippen LogP contribution in [0.4, 0.5) is 10.1 Å². The maximum Gasteiger partial charge on any atom is 0.275 e. The molecule has 0 unspecified atom stereocenters. The number of halogens is 1. The topological polar surface area (TPSA) is 62.6 Å². The normalized spacial score (nSPS) is 15.9. The van der Waals surface area contributed by atoms with Gasteiger partial charge in [-0.1, -0.05) is 0 Å². The van der Waals surface area contributed by atoms with Crippen LogP contribution in [0.15, 0.2) is 24.3 Å². The van der Waals surface area contributed by atoms with Gasteiger partial charge >= 0.3 is 0 Å². The second kappa shape index (κ2) is 8.48. The SMILES string of the molecule is O=C(C[NH+]1CCCCCC1)NCC(=O)Nc1ccc(F)cc1. The number of benzene rings is 1. The first-order valence-corrected chi connectivity index (χ1v) is 7.79. The number of carbonyl (C=O) groups excluding carboxylic acids is 2. The Hall–Kier alpha value is -1.95. The van der Waals surface area contributed by atoms with E-state index >= 15 is 0 Å². The zero-order chi connectivity index (χ0) is 15.8. The first kappa shape index (κ1) is 16.4. The molecule has 0 aliphatic carbocycles. The number of rotatable bonds is 5. The smallest absolute Gasteiger partial charge is 0.275 e. The zero-order valence-corrected chi connectivity index (χ0v) is 12.7. The molecule has 6 heteroatoms. The van der Waals surface area contributed by atoms with Gasteiger partial charge in [0, 0.05) is 5.69 Å². The minimum Gasteiger partial charge on any atom is -0.342 e. The lowest BCUT2D eigenvalue weighted by Gasteiger charge is -2.16. The second-order valence-corrected chi connectivity index (χ2v) is 5.67. The van der Waals surface area contributed by atoms with E-state index in [-0.39, 0.29) is 24.2 Å². The molecule has 1 heterocycles. The standard InChI is InChI=1S/C16H22FN3O2/c17-13-5-7-14(8-6-13)19-15(21)11-18-16(22)12-20-9-3-1-2-4-10-20/h5-8H,1-4,9-12H2,(H,18,22)(H,19,21)/p+1. The number of hydrogen-bond donors (Lipinski definition) is 3. The lowest BCUT2D eigenvalue weighted by molar-refractivity contribution is -0.891. The molecule has 0 radical (unpaired) electrons. The summed E-state index contributed by atoms with van der Waals surface area (Å²) in [6.45, 7) is 2.40. The predicted molar refractivity (Wildman–Crippen MR) is 82.1 cm³/mol. The molecule has 120 valence electrons. The molecule has 2 rings (SSSR count). The molecule has 1 aliphatic rings. The molecular formula is C16H23FN3O2+. The average molecular weight is 308 g/mol. The molecule has 5 nitrogen and oxygen atoms in total. The van der Waals surface area contributed by atoms with Crippen LogP contribution < -0.4 is 15.5 Å². The summed E-state index contributed by atoms with van der Waals surface area (Å²) in [5.41, 5.74) is 0.513. The summed E-state index contributed by atoms with van der Waals surface area (Å²) in [6, 6.07) is 5.51. The van der Waals surface area contributed by atoms with Crippen LogP contribution in [0.2, 0.25) is 0 Å². The largest absolute Gasteiger partial charge is 0.342 e. The fourth-order valence-corrected chi connectivity index (χ4v) is 2.61. The summed E-state index contributed by atoms with van der Waals surface area (Å²) in [4.78, 5) is 24.9. The third kappa shape index (κ3) is 5.81. The van der Waals surface area contributed by atoms with Gasteiger partial charge in [-0.2, -0.15) is 0 Å². The van der Waals surface area contributed by atoms with Crippen molar-refractivity contribution < 1.29 is 18.9 Å². The number of quaternary nitrogens is 1. The minimum atomic E-state index is -0.355. The van der Waals surface area contributed by atoms with Gasteiger partial charge in [0.05, 0.1) is 19.6 Å². The molecular weight excluding hydrogens is 285 g/mol. The van der Waals surface area contributed by atoms with Crippen LogP contribution in [0.1, 0.15) is 25.7 Å². The van der Waals surface area contributed by atoms with Crippen LogP contribution in [-0.4, -0.2) is 38.0 Å². The predicted octanol–water partition coefficient (Wildman–Crippen LogP) is 0.339. The Morgan fingerprint density at radius 3 is 2.27 bits per heavy atom. The summed E-state index contributed by atoms with van der Waals surface area (Å²) in [5, 5.41) is 5.25. The van der Waals surface area contributed by atoms with Gasteiger partial charge in [-0.15, -0.1) is 0 Å². The van der Waals surface area contributed by atoms with E-state index in [1.807, 2.05) is 0 Å². The van der Waals surface area contributed by atoms with Gasteiger partial charge in [0.15, 0.2) is 6.54 Å². The molecule has 0 atom stereocenters. The number of hydrogen-bond acceptors (Lipinski definition) is 2. The first-order valence-electron chi connectivity index (χ1n) is 7.79. The number of likely N-dealkylation sites (tertiary alicyclic amines) is 1. The average Bonchev–Trinajstić information content (AvgIpc) is 2.76. The molecule has 3 N–H and O–H groups in total. The second-order valence-electron chi connectivity index (χ2n) is 5.67. The van der Waals surface area contributed by atoms with Crippen LogP contribution in [0, 0.1) is 5.82 Å². The summed E-state index contributed by atoms with van der Waals surface area (Å²) >= 11 is 0. The summed E-state index contributed by atoms with van der Waals surface area (Å²) in [7, 11) is 0. The quantitative estimate of drug-likeness (QED) is 0.734. The van der Waals surface area contributed by atoms with Crippen molar-refractivity contribution in [1.29, 1.82) is 0 Å². The van der Waals surface area contributed by atoms with E-state index in [1.165, 1.54) is 42.0 Å². The van der Waals surface area contributed by atoms with Crippen molar-refractivity contribution in [3.63, 3.8) is 0 Å². The molecule has 0 aromatic heterocycles. The first-order chi connectivity index (χ1) is 10.6. The van der Waals surface area contributed by atoms with Gasteiger partial charge < -0.3 is 15.5 Å². The van der Waals surface area contributed by atoms with Crippen LogP contribution >= 0.6 is 0 Å². The summed E-state index contributed by atoms with van der Waals surface area (Å²) in [6.07, 6.45) is 4.80. The Morgan fingerprint density at radius 1 is 1.00 bits per heavy atom. The molecule has 1 saturated heterocycles. The molecule has 1 aliphatic heterocycles. The van der Waals surface area contributed by atoms with E-state index in [0.717, 1.165) is 25.9 Å². The van der Waals surface area contributed by atoms with Crippen molar-refractivity contribution in [3.8, 4) is 0 Å². The van der Waals surface area contributed by atoms with Crippen molar-refractivity contribution in [2.45, 2.75) is 25.7 Å². The fraction of sp³-hybridized carbons (Fsp3) is 0.500. The lowest BCUT2D eigenvalue weighted by Crippen LogP contribution is -3.13. The maximum atomic E-state index is 12.8. The van der Waals surface area contributed by atoms with Crippen molar-refractivity contribution in [2.75, 3.05) is 31.5 Å². The molecule has 0 spiro atoms. The van der Waals surface area contributed by atoms with Crippen molar-refractivity contribution in [2.24, 2.45) is 0 Å². The Kier molecular flexibility index (Phi) is 6.33. The third-order valence-electron chi connectivity index (χ3n) is 3.80. The Morgan fingerprint density at radius 2 is 1.64 bits per heavy atom. The highest BCUT2D eigenvalue weighted by atomic mass is 19.1. The minimum absolute atomic E-state index is 0.0660. The van der Waals surface area contributed by atoms with Gasteiger partial charge in [-0.25, -0.2) is 4.39 Å². The van der Waals surface area contributed by atoms with Gasteiger partial charge in [-0.3, -0.25) is 9.59 Å². The summed E-state index contributed by atoms with van der Waals surface area (Å²) in [5.74, 6) is -0.774. The van der Waals surface area contributed by atoms with Crippen LogP contribution in [0.3, 0.4) is 0 Å². The molecule has 1 aromatic carbocycles. The fourth-order valence-electron chi connectivity index (χ4n) is 2.61. The Bertz CT molecular complexity index is 497. The van der Waals surface area contributed by atoms with Gasteiger partial charge in [-0.05, 0) is 49.9 Å². The van der Waals surface area contributed by atoms with E-state index in [2.05, 4.69) is 10.6 Å². The van der Waals surface area contributed by atoms with Crippen LogP contribution in [0.25, 0.3) is 0 Å². The Labute approximate surface area is 129 Å². The number of anilines is 1. The van der Waals surface area contributed by atoms with Gasteiger partial charge in [0.25, 0.3) is 5.91 Å². The number of nitrogens with one attached hydrogen (secondary N) is 3. The van der Waals surface area contributed by atoms with Crippen LogP contribution in [-0.2, 0) is 9.59 Å². The number of carbonyl (C=O) groups is 2. The monoisotopic (exact) mass is 308 g/mol. The van der Waals surface area contributed by atoms with Crippen molar-refractivity contribution in [3.05, 3.63) is 30.1 Å². The molecule has 0 saturated carbocycles. The van der Waals surface area contributed by atoms with E-state index in [0.29, 0.717) is 12.2 Å². The molecule has 1 aromatic rings. The molecule has 22 heavy (non-hydrogen) atoms.